The summed E-state index contributed by atoms with van der Waals surface area (Å²) < 4.78 is 15.6. The van der Waals surface area contributed by atoms with Crippen LogP contribution in [0.5, 0.6) is 5.75 Å². The second-order valence-corrected chi connectivity index (χ2v) is 4.74. The fourth-order valence-electron chi connectivity index (χ4n) is 1.77. The van der Waals surface area contributed by atoms with Crippen LogP contribution in [0.15, 0.2) is 24.3 Å². The predicted molar refractivity (Wildman–Crippen MR) is 75.4 cm³/mol. The number of hydrogen-bond donors (Lipinski definition) is 1. The maximum Gasteiger partial charge on any atom is 0.118 e. The first-order chi connectivity index (χ1) is 9.78. The Morgan fingerprint density at radius 2 is 2.10 bits per heavy atom. The van der Waals surface area contributed by atoms with E-state index in [-0.39, 0.29) is 6.10 Å². The molecule has 4 nitrogen and oxygen atoms in total. The molecule has 4 heteroatoms. The average Bonchev–Trinajstić information content (AvgIpc) is 3.27. The summed E-state index contributed by atoms with van der Waals surface area (Å²) in [6, 6.07) is 7.73. The molecule has 0 unspecified atom stereocenters. The summed E-state index contributed by atoms with van der Waals surface area (Å²) in [5, 5.41) is 9.61. The van der Waals surface area contributed by atoms with Gasteiger partial charge in [0, 0.05) is 12.8 Å². The molecular weight excluding hydrogens is 256 g/mol. The lowest BCUT2D eigenvalue weighted by molar-refractivity contribution is 0.151. The molecule has 0 spiro atoms. The summed E-state index contributed by atoms with van der Waals surface area (Å²) in [6.07, 6.45) is 1.02. The van der Waals surface area contributed by atoms with Gasteiger partial charge < -0.3 is 19.3 Å². The van der Waals surface area contributed by atoms with E-state index < -0.39 is 6.10 Å². The zero-order chi connectivity index (χ0) is 14.2. The highest BCUT2D eigenvalue weighted by Crippen LogP contribution is 2.16. The highest BCUT2D eigenvalue weighted by atomic mass is 16.6. The maximum atomic E-state index is 9.61. The fourth-order valence-corrected chi connectivity index (χ4v) is 1.77. The van der Waals surface area contributed by atoms with Crippen molar-refractivity contribution in [2.75, 3.05) is 20.3 Å². The van der Waals surface area contributed by atoms with Crippen LogP contribution in [0.25, 0.3) is 0 Å². The quantitative estimate of drug-likeness (QED) is 0.468. The molecule has 1 aromatic rings. The zero-order valence-corrected chi connectivity index (χ0v) is 11.7. The third-order valence-electron chi connectivity index (χ3n) is 3.00. The summed E-state index contributed by atoms with van der Waals surface area (Å²) in [7, 11) is 1.64. The van der Waals surface area contributed by atoms with E-state index in [0.717, 1.165) is 17.9 Å². The topological polar surface area (TPSA) is 51.2 Å². The van der Waals surface area contributed by atoms with E-state index in [2.05, 4.69) is 11.8 Å². The van der Waals surface area contributed by atoms with E-state index in [4.69, 9.17) is 14.2 Å². The second-order valence-electron chi connectivity index (χ2n) is 4.74. The molecule has 2 atom stereocenters. The van der Waals surface area contributed by atoms with Gasteiger partial charge in [0.15, 0.2) is 0 Å². The molecule has 0 bridgehead atoms. The predicted octanol–water partition coefficient (Wildman–Crippen LogP) is 1.76. The van der Waals surface area contributed by atoms with Gasteiger partial charge in [-0.05, 0) is 17.7 Å². The SMILES string of the molecule is COc1ccc(COCC#CC[C@@H](O)C[C@H]2CO2)cc1. The molecule has 1 aliphatic heterocycles. The molecule has 1 N–H and O–H groups in total. The molecule has 1 fully saturated rings. The number of ether oxygens (including phenoxy) is 3. The van der Waals surface area contributed by atoms with Gasteiger partial charge in [-0.15, -0.1) is 0 Å². The van der Waals surface area contributed by atoms with Crippen molar-refractivity contribution in [2.24, 2.45) is 0 Å². The first-order valence-corrected chi connectivity index (χ1v) is 6.74. The van der Waals surface area contributed by atoms with Gasteiger partial charge in [-0.1, -0.05) is 24.0 Å². The van der Waals surface area contributed by atoms with Crippen molar-refractivity contribution in [3.05, 3.63) is 29.8 Å². The molecular formula is C16H20O4. The number of rotatable bonds is 7. The number of aliphatic hydroxyl groups is 1. The molecule has 0 amide bonds. The number of aliphatic hydroxyl groups excluding tert-OH is 1. The molecule has 1 aliphatic rings. The van der Waals surface area contributed by atoms with Crippen molar-refractivity contribution < 1.29 is 19.3 Å². The van der Waals surface area contributed by atoms with Crippen LogP contribution in [0, 0.1) is 11.8 Å². The minimum atomic E-state index is -0.392. The highest BCUT2D eigenvalue weighted by Gasteiger charge is 2.25. The normalized spacial score (nSPS) is 18.0. The van der Waals surface area contributed by atoms with Gasteiger partial charge in [-0.25, -0.2) is 0 Å². The van der Waals surface area contributed by atoms with E-state index in [1.165, 1.54) is 0 Å². The third-order valence-corrected chi connectivity index (χ3v) is 3.00. The molecule has 1 saturated heterocycles. The molecule has 20 heavy (non-hydrogen) atoms. The van der Waals surface area contributed by atoms with Crippen LogP contribution < -0.4 is 4.74 Å². The molecule has 1 heterocycles. The Bertz CT molecular complexity index is 454. The van der Waals surface area contributed by atoms with Crippen molar-refractivity contribution in [3.8, 4) is 17.6 Å². The van der Waals surface area contributed by atoms with Crippen LogP contribution in [-0.4, -0.2) is 37.6 Å². The van der Waals surface area contributed by atoms with E-state index in [1.807, 2.05) is 24.3 Å². The summed E-state index contributed by atoms with van der Waals surface area (Å²) in [5.74, 6) is 6.66. The van der Waals surface area contributed by atoms with Crippen LogP contribution >= 0.6 is 0 Å². The van der Waals surface area contributed by atoms with E-state index in [1.54, 1.807) is 7.11 Å². The maximum absolute atomic E-state index is 9.61. The molecule has 0 radical (unpaired) electrons. The van der Waals surface area contributed by atoms with Crippen molar-refractivity contribution in [1.82, 2.24) is 0 Å². The largest absolute Gasteiger partial charge is 0.497 e. The Morgan fingerprint density at radius 3 is 2.75 bits per heavy atom. The zero-order valence-electron chi connectivity index (χ0n) is 11.7. The first kappa shape index (κ1) is 14.9. The lowest BCUT2D eigenvalue weighted by atomic mass is 10.1. The van der Waals surface area contributed by atoms with E-state index >= 15 is 0 Å². The van der Waals surface area contributed by atoms with Crippen molar-refractivity contribution in [2.45, 2.75) is 31.7 Å². The summed E-state index contributed by atoms with van der Waals surface area (Å²) >= 11 is 0. The lowest BCUT2D eigenvalue weighted by Gasteiger charge is -2.03. The van der Waals surface area contributed by atoms with Gasteiger partial charge in [0.2, 0.25) is 0 Å². The Kier molecular flexibility index (Phi) is 5.87. The minimum absolute atomic E-state index is 0.248. The number of methoxy groups -OCH3 is 1. The fraction of sp³-hybridized carbons (Fsp3) is 0.500. The second kappa shape index (κ2) is 7.91. The Hall–Kier alpha value is -1.54. The van der Waals surface area contributed by atoms with Crippen LogP contribution in [0.4, 0.5) is 0 Å². The molecule has 108 valence electrons. The molecule has 0 aliphatic carbocycles. The lowest BCUT2D eigenvalue weighted by Crippen LogP contribution is -2.08. The molecule has 0 saturated carbocycles. The van der Waals surface area contributed by atoms with Crippen molar-refractivity contribution in [3.63, 3.8) is 0 Å². The number of hydrogen-bond acceptors (Lipinski definition) is 4. The number of benzene rings is 1. The van der Waals surface area contributed by atoms with E-state index in [9.17, 15) is 5.11 Å². The third kappa shape index (κ3) is 5.62. The first-order valence-electron chi connectivity index (χ1n) is 6.74. The number of epoxide rings is 1. The van der Waals surface area contributed by atoms with Crippen LogP contribution in [0.1, 0.15) is 18.4 Å². The van der Waals surface area contributed by atoms with Crippen LogP contribution in [-0.2, 0) is 16.1 Å². The molecule has 0 aromatic heterocycles. The smallest absolute Gasteiger partial charge is 0.118 e. The minimum Gasteiger partial charge on any atom is -0.497 e. The van der Waals surface area contributed by atoms with Gasteiger partial charge in [0.05, 0.1) is 32.5 Å². The summed E-state index contributed by atoms with van der Waals surface area (Å²) in [4.78, 5) is 0. The van der Waals surface area contributed by atoms with Crippen molar-refractivity contribution in [1.29, 1.82) is 0 Å². The Balaban J connectivity index is 1.58. The van der Waals surface area contributed by atoms with E-state index in [0.29, 0.717) is 26.1 Å². The highest BCUT2D eigenvalue weighted by molar-refractivity contribution is 5.26. The Labute approximate surface area is 119 Å². The van der Waals surface area contributed by atoms with Gasteiger partial charge >= 0.3 is 0 Å². The van der Waals surface area contributed by atoms with Crippen LogP contribution in [0.3, 0.4) is 0 Å². The molecule has 1 aromatic carbocycles. The van der Waals surface area contributed by atoms with Gasteiger partial charge in [0.25, 0.3) is 0 Å². The standard InChI is InChI=1S/C16H20O4/c1-18-15-7-5-13(6-8-15)11-19-9-3-2-4-14(17)10-16-12-20-16/h5-8,14,16-17H,4,9-12H2,1H3/t14-,16+/m1/s1. The summed E-state index contributed by atoms with van der Waals surface area (Å²) in [5.41, 5.74) is 1.08. The molecule has 2 rings (SSSR count). The average molecular weight is 276 g/mol. The Morgan fingerprint density at radius 1 is 1.35 bits per heavy atom. The van der Waals surface area contributed by atoms with Crippen molar-refractivity contribution >= 4 is 0 Å². The van der Waals surface area contributed by atoms with Gasteiger partial charge in [-0.2, -0.15) is 0 Å². The van der Waals surface area contributed by atoms with Gasteiger partial charge in [0.1, 0.15) is 12.4 Å². The monoisotopic (exact) mass is 276 g/mol. The summed E-state index contributed by atoms with van der Waals surface area (Å²) in [6.45, 7) is 1.67. The van der Waals surface area contributed by atoms with Crippen LogP contribution in [0.2, 0.25) is 0 Å². The van der Waals surface area contributed by atoms with Gasteiger partial charge in [-0.3, -0.25) is 0 Å².